The molecule has 1 aliphatic carbocycles. The van der Waals surface area contributed by atoms with E-state index in [9.17, 15) is 14.9 Å². The van der Waals surface area contributed by atoms with Gasteiger partial charge >= 0.3 is 0 Å². The van der Waals surface area contributed by atoms with Crippen molar-refractivity contribution >= 4 is 55.6 Å². The van der Waals surface area contributed by atoms with Gasteiger partial charge in [-0.15, -0.1) is 22.7 Å². The van der Waals surface area contributed by atoms with Crippen LogP contribution in [-0.4, -0.2) is 21.2 Å². The lowest BCUT2D eigenvalue weighted by molar-refractivity contribution is -0.113. The first-order chi connectivity index (χ1) is 15.3. The van der Waals surface area contributed by atoms with Crippen LogP contribution in [-0.2, 0) is 17.6 Å². The molecule has 3 aromatic heterocycles. The lowest BCUT2D eigenvalue weighted by Crippen LogP contribution is -2.25. The molecule has 0 radical (unpaired) electrons. The third-order valence-electron chi connectivity index (χ3n) is 5.84. The van der Waals surface area contributed by atoms with E-state index in [4.69, 9.17) is 4.98 Å². The zero-order chi connectivity index (χ0) is 23.0. The first kappa shape index (κ1) is 23.0. The number of carbonyl (C=O) groups is 1. The SMILES string of the molecule is Cc1sc2nc(SCC(=O)Nc3sc4c(c3C#N)CCCCC4)n(C(C)C)c(=O)c2c1C. The van der Waals surface area contributed by atoms with Gasteiger partial charge in [0.2, 0.25) is 5.91 Å². The molecule has 0 fully saturated rings. The van der Waals surface area contributed by atoms with Crippen molar-refractivity contribution in [3.05, 3.63) is 36.8 Å². The summed E-state index contributed by atoms with van der Waals surface area (Å²) in [5.74, 6) is -0.0624. The molecule has 0 saturated heterocycles. The van der Waals surface area contributed by atoms with E-state index in [-0.39, 0.29) is 23.3 Å². The van der Waals surface area contributed by atoms with Gasteiger partial charge in [-0.2, -0.15) is 5.26 Å². The predicted octanol–water partition coefficient (Wildman–Crippen LogP) is 5.59. The summed E-state index contributed by atoms with van der Waals surface area (Å²) < 4.78 is 1.67. The summed E-state index contributed by atoms with van der Waals surface area (Å²) in [6, 6.07) is 2.24. The maximum absolute atomic E-state index is 13.2. The molecule has 1 aliphatic rings. The fourth-order valence-corrected chi connectivity index (χ4v) is 7.34. The van der Waals surface area contributed by atoms with Gasteiger partial charge < -0.3 is 5.32 Å². The number of aromatic nitrogens is 2. The molecule has 0 saturated carbocycles. The largest absolute Gasteiger partial charge is 0.316 e. The number of nitrogens with zero attached hydrogens (tertiary/aromatic N) is 3. The van der Waals surface area contributed by atoms with Gasteiger partial charge in [-0.25, -0.2) is 4.98 Å². The zero-order valence-electron chi connectivity index (χ0n) is 18.7. The summed E-state index contributed by atoms with van der Waals surface area (Å²) in [7, 11) is 0. The number of anilines is 1. The smallest absolute Gasteiger partial charge is 0.263 e. The van der Waals surface area contributed by atoms with Crippen molar-refractivity contribution in [1.29, 1.82) is 5.26 Å². The molecule has 4 rings (SSSR count). The number of thiophene rings is 2. The van der Waals surface area contributed by atoms with E-state index in [0.717, 1.165) is 46.5 Å². The highest BCUT2D eigenvalue weighted by Gasteiger charge is 2.22. The Morgan fingerprint density at radius 2 is 2.00 bits per heavy atom. The van der Waals surface area contributed by atoms with Gasteiger partial charge in [0.25, 0.3) is 5.56 Å². The minimum atomic E-state index is -0.189. The molecule has 6 nitrogen and oxygen atoms in total. The Bertz CT molecular complexity index is 1290. The van der Waals surface area contributed by atoms with Crippen LogP contribution in [0.4, 0.5) is 5.00 Å². The van der Waals surface area contributed by atoms with Gasteiger partial charge in [0.15, 0.2) is 5.16 Å². The van der Waals surface area contributed by atoms with Gasteiger partial charge in [0, 0.05) is 15.8 Å². The van der Waals surface area contributed by atoms with Crippen molar-refractivity contribution in [3.63, 3.8) is 0 Å². The molecular weight excluding hydrogens is 460 g/mol. The van der Waals surface area contributed by atoms with Crippen LogP contribution in [0.1, 0.15) is 65.6 Å². The van der Waals surface area contributed by atoms with Crippen LogP contribution in [0, 0.1) is 25.2 Å². The summed E-state index contributed by atoms with van der Waals surface area (Å²) in [6.07, 6.45) is 5.28. The van der Waals surface area contributed by atoms with Crippen molar-refractivity contribution in [3.8, 4) is 6.07 Å². The molecular formula is C23H26N4O2S3. The summed E-state index contributed by atoms with van der Waals surface area (Å²) in [4.78, 5) is 33.7. The summed E-state index contributed by atoms with van der Waals surface area (Å²) in [5, 5.41) is 14.5. The minimum Gasteiger partial charge on any atom is -0.316 e. The maximum Gasteiger partial charge on any atom is 0.263 e. The van der Waals surface area contributed by atoms with Gasteiger partial charge in [0.05, 0.1) is 16.7 Å². The Hall–Kier alpha value is -2.15. The second-order valence-corrected chi connectivity index (χ2v) is 11.6. The Morgan fingerprint density at radius 3 is 2.72 bits per heavy atom. The summed E-state index contributed by atoms with van der Waals surface area (Å²) >= 11 is 4.31. The van der Waals surface area contributed by atoms with Crippen LogP contribution in [0.2, 0.25) is 0 Å². The molecule has 9 heteroatoms. The van der Waals surface area contributed by atoms with Crippen LogP contribution in [0.15, 0.2) is 9.95 Å². The van der Waals surface area contributed by atoms with Crippen molar-refractivity contribution < 1.29 is 4.79 Å². The topological polar surface area (TPSA) is 87.8 Å². The molecule has 168 valence electrons. The number of thioether (sulfide) groups is 1. The highest BCUT2D eigenvalue weighted by molar-refractivity contribution is 7.99. The Labute approximate surface area is 199 Å². The van der Waals surface area contributed by atoms with E-state index in [0.29, 0.717) is 21.1 Å². The number of hydrogen-bond acceptors (Lipinski definition) is 7. The Balaban J connectivity index is 1.57. The first-order valence-corrected chi connectivity index (χ1v) is 13.4. The van der Waals surface area contributed by atoms with Crippen LogP contribution >= 0.6 is 34.4 Å². The van der Waals surface area contributed by atoms with Crippen LogP contribution < -0.4 is 10.9 Å². The standard InChI is InChI=1S/C23H26N4O2S3/c1-12(2)27-22(29)19-13(3)14(4)31-21(19)26-23(27)30-11-18(28)25-20-16(10-24)15-8-6-5-7-9-17(15)32-20/h12H,5-9,11H2,1-4H3,(H,25,28). The zero-order valence-corrected chi connectivity index (χ0v) is 21.2. The number of amides is 1. The molecule has 0 unspecified atom stereocenters. The fourth-order valence-electron chi connectivity index (χ4n) is 4.09. The van der Waals surface area contributed by atoms with Gasteiger partial charge in [0.1, 0.15) is 15.9 Å². The lowest BCUT2D eigenvalue weighted by atomic mass is 10.1. The number of nitriles is 1. The van der Waals surface area contributed by atoms with Crippen molar-refractivity contribution in [2.45, 2.75) is 71.0 Å². The molecule has 3 heterocycles. The average Bonchev–Trinajstić information content (AvgIpc) is 3.10. The number of hydrogen-bond donors (Lipinski definition) is 1. The van der Waals surface area contributed by atoms with Crippen molar-refractivity contribution in [1.82, 2.24) is 9.55 Å². The molecule has 1 N–H and O–H groups in total. The van der Waals surface area contributed by atoms with Crippen LogP contribution in [0.25, 0.3) is 10.2 Å². The normalized spacial score (nSPS) is 13.8. The van der Waals surface area contributed by atoms with Gasteiger partial charge in [-0.05, 0) is 64.5 Å². The van der Waals surface area contributed by atoms with Crippen LogP contribution in [0.5, 0.6) is 0 Å². The fraction of sp³-hybridized carbons (Fsp3) is 0.478. The Kier molecular flexibility index (Phi) is 6.75. The quantitative estimate of drug-likeness (QED) is 0.289. The monoisotopic (exact) mass is 486 g/mol. The molecule has 0 spiro atoms. The third-order valence-corrected chi connectivity index (χ3v) is 9.10. The number of aryl methyl sites for hydroxylation is 3. The predicted molar refractivity (Wildman–Crippen MR) is 133 cm³/mol. The lowest BCUT2D eigenvalue weighted by Gasteiger charge is -2.15. The third kappa shape index (κ3) is 4.24. The van der Waals surface area contributed by atoms with E-state index in [1.807, 2.05) is 27.7 Å². The van der Waals surface area contributed by atoms with E-state index in [1.165, 1.54) is 45.7 Å². The molecule has 0 atom stereocenters. The van der Waals surface area contributed by atoms with E-state index in [1.54, 1.807) is 4.57 Å². The number of nitrogens with one attached hydrogen (secondary N) is 1. The molecule has 0 aromatic carbocycles. The van der Waals surface area contributed by atoms with Crippen LogP contribution in [0.3, 0.4) is 0 Å². The minimum absolute atomic E-state index is 0.0523. The summed E-state index contributed by atoms with van der Waals surface area (Å²) in [5.41, 5.74) is 2.66. The first-order valence-electron chi connectivity index (χ1n) is 10.8. The molecule has 3 aromatic rings. The number of carbonyl (C=O) groups excluding carboxylic acids is 1. The molecule has 1 amide bonds. The van der Waals surface area contributed by atoms with Crippen molar-refractivity contribution in [2.75, 3.05) is 11.1 Å². The highest BCUT2D eigenvalue weighted by atomic mass is 32.2. The second kappa shape index (κ2) is 9.38. The summed E-state index contributed by atoms with van der Waals surface area (Å²) in [6.45, 7) is 7.85. The highest BCUT2D eigenvalue weighted by Crippen LogP contribution is 2.37. The number of fused-ring (bicyclic) bond motifs is 2. The maximum atomic E-state index is 13.2. The molecule has 32 heavy (non-hydrogen) atoms. The Morgan fingerprint density at radius 1 is 1.25 bits per heavy atom. The van der Waals surface area contributed by atoms with E-state index in [2.05, 4.69) is 11.4 Å². The molecule has 0 aliphatic heterocycles. The number of rotatable bonds is 5. The van der Waals surface area contributed by atoms with Gasteiger partial charge in [-0.1, -0.05) is 18.2 Å². The van der Waals surface area contributed by atoms with E-state index >= 15 is 0 Å². The van der Waals surface area contributed by atoms with Gasteiger partial charge in [-0.3, -0.25) is 14.2 Å². The van der Waals surface area contributed by atoms with Crippen molar-refractivity contribution in [2.24, 2.45) is 0 Å². The average molecular weight is 487 g/mol. The molecule has 0 bridgehead atoms. The van der Waals surface area contributed by atoms with E-state index < -0.39 is 0 Å². The second-order valence-electron chi connectivity index (χ2n) is 8.34.